The van der Waals surface area contributed by atoms with E-state index in [4.69, 9.17) is 14.6 Å². The van der Waals surface area contributed by atoms with Gasteiger partial charge in [0, 0.05) is 17.1 Å². The first-order valence-electron chi connectivity index (χ1n) is 6.65. The van der Waals surface area contributed by atoms with Gasteiger partial charge >= 0.3 is 0 Å². The van der Waals surface area contributed by atoms with Crippen molar-refractivity contribution in [3.05, 3.63) is 30.5 Å². The number of H-pyrrole nitrogens is 1. The summed E-state index contributed by atoms with van der Waals surface area (Å²) in [6.45, 7) is -0.487. The predicted molar refractivity (Wildman–Crippen MR) is 72.7 cm³/mol. The van der Waals surface area contributed by atoms with Gasteiger partial charge in [0.15, 0.2) is 0 Å². The molecule has 7 nitrogen and oxygen atoms in total. The molecular weight excluding hydrogens is 278 g/mol. The zero-order valence-corrected chi connectivity index (χ0v) is 11.1. The van der Waals surface area contributed by atoms with Crippen LogP contribution in [0.15, 0.2) is 30.5 Å². The molecule has 0 bridgehead atoms. The van der Waals surface area contributed by atoms with Crippen molar-refractivity contribution >= 4 is 10.9 Å². The summed E-state index contributed by atoms with van der Waals surface area (Å²) in [5.41, 5.74) is 0.858. The van der Waals surface area contributed by atoms with Crippen LogP contribution in [0, 0.1) is 0 Å². The van der Waals surface area contributed by atoms with Crippen LogP contribution in [0.3, 0.4) is 0 Å². The summed E-state index contributed by atoms with van der Waals surface area (Å²) in [6, 6.07) is 7.42. The molecule has 5 atom stereocenters. The molecule has 1 aliphatic heterocycles. The van der Waals surface area contributed by atoms with Crippen LogP contribution in [0.5, 0.6) is 5.75 Å². The van der Waals surface area contributed by atoms with Gasteiger partial charge in [-0.05, 0) is 12.1 Å². The lowest BCUT2D eigenvalue weighted by Crippen LogP contribution is -2.60. The molecule has 3 rings (SSSR count). The summed E-state index contributed by atoms with van der Waals surface area (Å²) in [6.07, 6.45) is -4.82. The number of aromatic amines is 1. The number of aromatic nitrogens is 1. The lowest BCUT2D eigenvalue weighted by atomic mass is 9.99. The maximum atomic E-state index is 9.94. The fourth-order valence-corrected chi connectivity index (χ4v) is 2.43. The Morgan fingerprint density at radius 2 is 1.86 bits per heavy atom. The van der Waals surface area contributed by atoms with E-state index in [9.17, 15) is 15.3 Å². The van der Waals surface area contributed by atoms with Crippen LogP contribution in [0.1, 0.15) is 0 Å². The molecule has 0 spiro atoms. The van der Waals surface area contributed by atoms with Gasteiger partial charge in [-0.15, -0.1) is 0 Å². The molecule has 0 saturated carbocycles. The van der Waals surface area contributed by atoms with Gasteiger partial charge < -0.3 is 34.9 Å². The van der Waals surface area contributed by atoms with Crippen LogP contribution < -0.4 is 4.74 Å². The number of nitrogens with one attached hydrogen (secondary N) is 1. The van der Waals surface area contributed by atoms with E-state index in [2.05, 4.69) is 4.98 Å². The maximum Gasteiger partial charge on any atom is 0.229 e. The molecule has 5 N–H and O–H groups in total. The number of fused-ring (bicyclic) bond motifs is 1. The number of ether oxygens (including phenoxy) is 2. The minimum absolute atomic E-state index is 0.454. The van der Waals surface area contributed by atoms with Gasteiger partial charge in [-0.2, -0.15) is 0 Å². The Labute approximate surface area is 120 Å². The van der Waals surface area contributed by atoms with Crippen LogP contribution in [-0.2, 0) is 4.74 Å². The van der Waals surface area contributed by atoms with Crippen LogP contribution >= 0.6 is 0 Å². The summed E-state index contributed by atoms with van der Waals surface area (Å²) in [7, 11) is 0. The normalized spacial score (nSPS) is 33.2. The highest BCUT2D eigenvalue weighted by atomic mass is 16.7. The highest BCUT2D eigenvalue weighted by Crippen LogP contribution is 2.29. The monoisotopic (exact) mass is 295 g/mol. The van der Waals surface area contributed by atoms with E-state index in [1.807, 2.05) is 24.3 Å². The molecule has 0 unspecified atom stereocenters. The summed E-state index contributed by atoms with van der Waals surface area (Å²) >= 11 is 0. The number of aliphatic hydroxyl groups is 4. The molecule has 1 saturated heterocycles. The molecule has 0 aliphatic carbocycles. The van der Waals surface area contributed by atoms with Crippen molar-refractivity contribution in [1.82, 2.24) is 4.98 Å². The van der Waals surface area contributed by atoms with E-state index in [1.54, 1.807) is 6.20 Å². The third-order valence-electron chi connectivity index (χ3n) is 3.64. The topological polar surface area (TPSA) is 115 Å². The quantitative estimate of drug-likeness (QED) is 0.514. The SMILES string of the molecule is OC[C@@H]1O[C@H](Oc2c[nH]c3ccccc23)[C@@H](O)[C@H](O)[C@@H]1O. The molecule has 1 aromatic carbocycles. The van der Waals surface area contributed by atoms with E-state index in [1.165, 1.54) is 0 Å². The molecule has 1 fully saturated rings. The average molecular weight is 295 g/mol. The second kappa shape index (κ2) is 5.63. The summed E-state index contributed by atoms with van der Waals surface area (Å²) < 4.78 is 10.9. The van der Waals surface area contributed by atoms with Crippen molar-refractivity contribution in [2.75, 3.05) is 6.61 Å². The van der Waals surface area contributed by atoms with Crippen LogP contribution in [0.2, 0.25) is 0 Å². The lowest BCUT2D eigenvalue weighted by Gasteiger charge is -2.39. The number of para-hydroxylation sites is 1. The Morgan fingerprint density at radius 1 is 1.10 bits per heavy atom. The molecule has 1 aromatic heterocycles. The first-order chi connectivity index (χ1) is 10.1. The summed E-state index contributed by atoms with van der Waals surface area (Å²) in [5, 5.41) is 39.3. The van der Waals surface area contributed by atoms with Gasteiger partial charge in [0.05, 0.1) is 6.61 Å². The van der Waals surface area contributed by atoms with Gasteiger partial charge in [-0.1, -0.05) is 12.1 Å². The largest absolute Gasteiger partial charge is 0.460 e. The summed E-state index contributed by atoms with van der Waals surface area (Å²) in [4.78, 5) is 3.01. The Kier molecular flexibility index (Phi) is 3.83. The fraction of sp³-hybridized carbons (Fsp3) is 0.429. The second-order valence-corrected chi connectivity index (χ2v) is 5.01. The number of aliphatic hydroxyl groups excluding tert-OH is 4. The van der Waals surface area contributed by atoms with Crippen LogP contribution in [-0.4, -0.2) is 62.7 Å². The second-order valence-electron chi connectivity index (χ2n) is 5.01. The van der Waals surface area contributed by atoms with E-state index >= 15 is 0 Å². The highest BCUT2D eigenvalue weighted by molar-refractivity contribution is 5.85. The van der Waals surface area contributed by atoms with Gasteiger partial charge in [-0.25, -0.2) is 0 Å². The van der Waals surface area contributed by atoms with E-state index in [-0.39, 0.29) is 0 Å². The zero-order valence-electron chi connectivity index (χ0n) is 11.1. The standard InChI is InChI=1S/C14H17NO6/c16-6-10-11(17)12(18)13(19)14(21-10)20-9-5-15-8-4-2-1-3-7(8)9/h1-5,10-19H,6H2/t10-,11+,12+,13-,14-/m0/s1. The van der Waals surface area contributed by atoms with Crippen molar-refractivity contribution in [3.63, 3.8) is 0 Å². The average Bonchev–Trinajstić information content (AvgIpc) is 2.91. The molecule has 21 heavy (non-hydrogen) atoms. The van der Waals surface area contributed by atoms with E-state index < -0.39 is 37.3 Å². The van der Waals surface area contributed by atoms with Gasteiger partial charge in [0.1, 0.15) is 30.2 Å². The minimum Gasteiger partial charge on any atom is -0.460 e. The highest BCUT2D eigenvalue weighted by Gasteiger charge is 2.44. The predicted octanol–water partition coefficient (Wildman–Crippen LogP) is -0.653. The van der Waals surface area contributed by atoms with Crippen molar-refractivity contribution in [2.24, 2.45) is 0 Å². The van der Waals surface area contributed by atoms with Crippen molar-refractivity contribution in [1.29, 1.82) is 0 Å². The molecule has 0 radical (unpaired) electrons. The summed E-state index contributed by atoms with van der Waals surface area (Å²) in [5.74, 6) is 0.454. The Balaban J connectivity index is 1.83. The molecule has 7 heteroatoms. The Hall–Kier alpha value is -1.64. The molecule has 1 aliphatic rings. The number of benzene rings is 1. The molecular formula is C14H17NO6. The van der Waals surface area contributed by atoms with Crippen LogP contribution in [0.4, 0.5) is 0 Å². The molecule has 2 aromatic rings. The third kappa shape index (κ3) is 2.50. The number of hydrogen-bond acceptors (Lipinski definition) is 6. The van der Waals surface area contributed by atoms with Gasteiger partial charge in [-0.3, -0.25) is 0 Å². The molecule has 114 valence electrons. The minimum atomic E-state index is -1.45. The number of hydrogen-bond donors (Lipinski definition) is 5. The molecule has 0 amide bonds. The van der Waals surface area contributed by atoms with Gasteiger partial charge in [0.2, 0.25) is 6.29 Å². The van der Waals surface area contributed by atoms with Crippen molar-refractivity contribution < 1.29 is 29.9 Å². The Morgan fingerprint density at radius 3 is 2.62 bits per heavy atom. The third-order valence-corrected chi connectivity index (χ3v) is 3.64. The van der Waals surface area contributed by atoms with Crippen molar-refractivity contribution in [3.8, 4) is 5.75 Å². The van der Waals surface area contributed by atoms with E-state index in [0.717, 1.165) is 10.9 Å². The van der Waals surface area contributed by atoms with E-state index in [0.29, 0.717) is 5.75 Å². The fourth-order valence-electron chi connectivity index (χ4n) is 2.43. The molecule has 2 heterocycles. The smallest absolute Gasteiger partial charge is 0.229 e. The Bertz CT molecular complexity index is 612. The van der Waals surface area contributed by atoms with Crippen molar-refractivity contribution in [2.45, 2.75) is 30.7 Å². The first-order valence-corrected chi connectivity index (χ1v) is 6.65. The lowest BCUT2D eigenvalue weighted by molar-refractivity contribution is -0.277. The van der Waals surface area contributed by atoms with Gasteiger partial charge in [0.25, 0.3) is 0 Å². The number of rotatable bonds is 3. The zero-order chi connectivity index (χ0) is 15.0. The first kappa shape index (κ1) is 14.3. The maximum absolute atomic E-state index is 9.94. The van der Waals surface area contributed by atoms with Crippen LogP contribution in [0.25, 0.3) is 10.9 Å².